The molecule has 0 saturated carbocycles. The first-order valence-corrected chi connectivity index (χ1v) is 12.4. The van der Waals surface area contributed by atoms with E-state index < -0.39 is 28.0 Å². The number of amides is 1. The van der Waals surface area contributed by atoms with Gasteiger partial charge in [0.05, 0.1) is 13.2 Å². The van der Waals surface area contributed by atoms with E-state index in [1.54, 1.807) is 26.1 Å². The summed E-state index contributed by atoms with van der Waals surface area (Å²) in [6, 6.07) is 9.46. The Balaban J connectivity index is 1.96. The molecule has 0 saturated heterocycles. The minimum absolute atomic E-state index is 0.00277. The van der Waals surface area contributed by atoms with Crippen LogP contribution in [0.2, 0.25) is 0 Å². The molecule has 0 fully saturated rings. The molecule has 3 rings (SSSR count). The van der Waals surface area contributed by atoms with Crippen LogP contribution in [0.3, 0.4) is 0 Å². The maximum Gasteiger partial charge on any atom is 0.253 e. The van der Waals surface area contributed by atoms with Gasteiger partial charge in [0.15, 0.2) is 0 Å². The third kappa shape index (κ3) is 5.14. The van der Waals surface area contributed by atoms with Crippen LogP contribution >= 0.6 is 15.9 Å². The predicted octanol–water partition coefficient (Wildman–Crippen LogP) is 3.13. The average molecular weight is 529 g/mol. The number of aliphatic hydroxyl groups excluding tert-OH is 1. The van der Waals surface area contributed by atoms with Crippen LogP contribution in [0.1, 0.15) is 24.2 Å². The van der Waals surface area contributed by atoms with Gasteiger partial charge in [-0.1, -0.05) is 28.9 Å². The second-order valence-electron chi connectivity index (χ2n) is 8.03. The molecule has 1 N–H and O–H groups in total. The predicted molar refractivity (Wildman–Crippen MR) is 122 cm³/mol. The zero-order chi connectivity index (χ0) is 23.6. The van der Waals surface area contributed by atoms with Crippen molar-refractivity contribution in [2.45, 2.75) is 30.9 Å². The Morgan fingerprint density at radius 1 is 1.34 bits per heavy atom. The van der Waals surface area contributed by atoms with Crippen LogP contribution in [0.15, 0.2) is 51.8 Å². The van der Waals surface area contributed by atoms with Crippen molar-refractivity contribution in [1.29, 1.82) is 0 Å². The Morgan fingerprint density at radius 2 is 2.06 bits per heavy atom. The van der Waals surface area contributed by atoms with Gasteiger partial charge in [-0.05, 0) is 43.3 Å². The molecule has 1 heterocycles. The van der Waals surface area contributed by atoms with E-state index in [1.807, 2.05) is 6.92 Å². The van der Waals surface area contributed by atoms with Crippen molar-refractivity contribution in [3.05, 3.63) is 58.3 Å². The Bertz CT molecular complexity index is 1100. The van der Waals surface area contributed by atoms with E-state index in [2.05, 4.69) is 15.9 Å². The van der Waals surface area contributed by atoms with E-state index in [0.717, 1.165) is 0 Å². The molecule has 0 aliphatic carbocycles. The van der Waals surface area contributed by atoms with Crippen LogP contribution in [-0.4, -0.2) is 67.5 Å². The summed E-state index contributed by atoms with van der Waals surface area (Å²) in [6.07, 6.45) is -0.547. The van der Waals surface area contributed by atoms with E-state index in [0.29, 0.717) is 4.47 Å². The van der Waals surface area contributed by atoms with E-state index in [4.69, 9.17) is 4.74 Å². The minimum Gasteiger partial charge on any atom is -0.487 e. The van der Waals surface area contributed by atoms with Crippen LogP contribution in [-0.2, 0) is 10.0 Å². The number of hydrogen-bond acceptors (Lipinski definition) is 5. The average Bonchev–Trinajstić information content (AvgIpc) is 2.74. The summed E-state index contributed by atoms with van der Waals surface area (Å²) >= 11 is 3.35. The van der Waals surface area contributed by atoms with Gasteiger partial charge in [-0.2, -0.15) is 4.31 Å². The molecular weight excluding hydrogens is 503 g/mol. The molecule has 174 valence electrons. The first-order valence-electron chi connectivity index (χ1n) is 10.1. The molecule has 1 aliphatic rings. The van der Waals surface area contributed by atoms with E-state index >= 15 is 0 Å². The minimum atomic E-state index is -3.91. The summed E-state index contributed by atoms with van der Waals surface area (Å²) in [6.45, 7) is 3.40. The number of benzene rings is 2. The number of sulfonamides is 1. The molecule has 0 unspecified atom stereocenters. The largest absolute Gasteiger partial charge is 0.487 e. The fourth-order valence-electron chi connectivity index (χ4n) is 3.61. The number of carbonyl (C=O) groups excluding carboxylic acids is 1. The zero-order valence-electron chi connectivity index (χ0n) is 18.0. The lowest BCUT2D eigenvalue weighted by atomic mass is 10.0. The van der Waals surface area contributed by atoms with Gasteiger partial charge in [-0.25, -0.2) is 12.8 Å². The highest BCUT2D eigenvalue weighted by atomic mass is 79.9. The molecule has 1 aliphatic heterocycles. The fourth-order valence-corrected chi connectivity index (χ4v) is 5.78. The van der Waals surface area contributed by atoms with Gasteiger partial charge in [0, 0.05) is 35.6 Å². The second-order valence-corrected chi connectivity index (χ2v) is 10.8. The summed E-state index contributed by atoms with van der Waals surface area (Å²) < 4.78 is 48.2. The van der Waals surface area contributed by atoms with Crippen molar-refractivity contribution in [2.24, 2.45) is 5.92 Å². The first kappa shape index (κ1) is 24.6. The summed E-state index contributed by atoms with van der Waals surface area (Å²) in [7, 11) is -2.32. The smallest absolute Gasteiger partial charge is 0.253 e. The van der Waals surface area contributed by atoms with Gasteiger partial charge in [-0.15, -0.1) is 0 Å². The molecule has 0 radical (unpaired) electrons. The van der Waals surface area contributed by atoms with Crippen molar-refractivity contribution in [2.75, 3.05) is 26.7 Å². The number of fused-ring (bicyclic) bond motifs is 1. The number of hydrogen-bond donors (Lipinski definition) is 1. The van der Waals surface area contributed by atoms with Crippen molar-refractivity contribution in [3.8, 4) is 5.75 Å². The lowest BCUT2D eigenvalue weighted by Crippen LogP contribution is -2.50. The lowest BCUT2D eigenvalue weighted by molar-refractivity contribution is 0.0563. The van der Waals surface area contributed by atoms with E-state index in [-0.39, 0.29) is 47.7 Å². The maximum absolute atomic E-state index is 13.6. The van der Waals surface area contributed by atoms with Gasteiger partial charge in [0.25, 0.3) is 5.91 Å². The standard InChI is InChI=1S/C22H26BrFN2O5S/c1-14-11-26(15(2)13-27)32(29,30)21-8-7-17(23)10-19(21)31-20(14)12-25(3)22(28)16-5-4-6-18(24)9-16/h4-10,14-15,20,27H,11-13H2,1-3H3/t14-,15+,20+/m1/s1. The quantitative estimate of drug-likeness (QED) is 0.644. The topological polar surface area (TPSA) is 87.2 Å². The number of halogens is 2. The van der Waals surface area contributed by atoms with Crippen LogP contribution in [0.25, 0.3) is 0 Å². The SMILES string of the molecule is C[C@@H]1CN([C@@H](C)CO)S(=O)(=O)c2ccc(Br)cc2O[C@H]1CN(C)C(=O)c1cccc(F)c1. The number of ether oxygens (including phenoxy) is 1. The molecule has 3 atom stereocenters. The molecule has 0 bridgehead atoms. The van der Waals surface area contributed by atoms with Gasteiger partial charge in [0.1, 0.15) is 22.6 Å². The Labute approximate surface area is 196 Å². The molecule has 10 heteroatoms. The Morgan fingerprint density at radius 3 is 2.72 bits per heavy atom. The third-order valence-electron chi connectivity index (χ3n) is 5.50. The van der Waals surface area contributed by atoms with Gasteiger partial charge in [0.2, 0.25) is 10.0 Å². The molecule has 2 aromatic carbocycles. The number of rotatable bonds is 5. The van der Waals surface area contributed by atoms with Crippen molar-refractivity contribution < 1.29 is 27.4 Å². The Kier molecular flexibility index (Phi) is 7.59. The summed E-state index contributed by atoms with van der Waals surface area (Å²) in [5, 5.41) is 9.66. The molecule has 2 aromatic rings. The Hall–Kier alpha value is -2.01. The van der Waals surface area contributed by atoms with Crippen molar-refractivity contribution in [3.63, 3.8) is 0 Å². The molecular formula is C22H26BrFN2O5S. The summed E-state index contributed by atoms with van der Waals surface area (Å²) in [5.41, 5.74) is 0.215. The van der Waals surface area contributed by atoms with Crippen LogP contribution in [0, 0.1) is 11.7 Å². The first-order chi connectivity index (χ1) is 15.0. The van der Waals surface area contributed by atoms with Crippen LogP contribution in [0.4, 0.5) is 4.39 Å². The zero-order valence-corrected chi connectivity index (χ0v) is 20.4. The highest BCUT2D eigenvalue weighted by Crippen LogP contribution is 2.35. The van der Waals surface area contributed by atoms with Crippen LogP contribution < -0.4 is 4.74 Å². The second kappa shape index (κ2) is 9.86. The van der Waals surface area contributed by atoms with Gasteiger partial charge >= 0.3 is 0 Å². The van der Waals surface area contributed by atoms with Crippen molar-refractivity contribution >= 4 is 31.9 Å². The lowest BCUT2D eigenvalue weighted by Gasteiger charge is -2.37. The van der Waals surface area contributed by atoms with Crippen LogP contribution in [0.5, 0.6) is 5.75 Å². The highest BCUT2D eigenvalue weighted by molar-refractivity contribution is 9.10. The molecule has 1 amide bonds. The number of aliphatic hydroxyl groups is 1. The van der Waals surface area contributed by atoms with E-state index in [1.165, 1.54) is 39.5 Å². The highest BCUT2D eigenvalue weighted by Gasteiger charge is 2.38. The fraction of sp³-hybridized carbons (Fsp3) is 0.409. The molecule has 0 spiro atoms. The summed E-state index contributed by atoms with van der Waals surface area (Å²) in [5.74, 6) is -1.02. The molecule has 0 aromatic heterocycles. The normalized spacial score (nSPS) is 21.6. The van der Waals surface area contributed by atoms with Crippen molar-refractivity contribution in [1.82, 2.24) is 9.21 Å². The van der Waals surface area contributed by atoms with E-state index in [9.17, 15) is 22.7 Å². The number of nitrogens with zero attached hydrogens (tertiary/aromatic N) is 2. The molecule has 7 nitrogen and oxygen atoms in total. The monoisotopic (exact) mass is 528 g/mol. The maximum atomic E-state index is 13.6. The third-order valence-corrected chi connectivity index (χ3v) is 8.01. The van der Waals surface area contributed by atoms with Gasteiger partial charge < -0.3 is 14.7 Å². The number of carbonyl (C=O) groups is 1. The number of likely N-dealkylation sites (N-methyl/N-ethyl adjacent to an activating group) is 1. The molecule has 32 heavy (non-hydrogen) atoms. The van der Waals surface area contributed by atoms with Gasteiger partial charge in [-0.3, -0.25) is 4.79 Å². The summed E-state index contributed by atoms with van der Waals surface area (Å²) in [4.78, 5) is 14.2.